The number of aliphatic hydroxyl groups is 1. The molecule has 6 heterocycles. The van der Waals surface area contributed by atoms with Crippen LogP contribution in [0, 0.1) is 58.2 Å². The fourth-order valence-electron chi connectivity index (χ4n) is 13.5. The maximum absolute atomic E-state index is 12.0. The van der Waals surface area contributed by atoms with E-state index in [-0.39, 0.29) is 116 Å². The van der Waals surface area contributed by atoms with Crippen LogP contribution in [-0.2, 0) is 85.7 Å². The highest BCUT2D eigenvalue weighted by molar-refractivity contribution is 7.99. The van der Waals surface area contributed by atoms with E-state index >= 15 is 0 Å². The minimum Gasteiger partial charge on any atom is -0.465 e. The van der Waals surface area contributed by atoms with E-state index in [0.717, 1.165) is 138 Å². The first-order valence-electron chi connectivity index (χ1n) is 34.6. The van der Waals surface area contributed by atoms with Gasteiger partial charge in [-0.3, -0.25) is 13.8 Å². The van der Waals surface area contributed by atoms with Crippen LogP contribution in [0.2, 0.25) is 0 Å². The summed E-state index contributed by atoms with van der Waals surface area (Å²) in [6.45, 7) is 47.5. The van der Waals surface area contributed by atoms with Crippen molar-refractivity contribution in [1.82, 2.24) is 0 Å². The molecule has 6 aliphatic heterocycles. The fraction of sp³-hybridized carbons (Fsp3) is 0.859. The van der Waals surface area contributed by atoms with Gasteiger partial charge in [0.1, 0.15) is 0 Å². The van der Waals surface area contributed by atoms with Gasteiger partial charge in [0, 0.05) is 31.3 Å². The SMILES string of the molecule is C=C1C[C@H](CCCOC(=O)C(C)(C)C)OC1CC[C@H]1C[C@@H](C)C(=C)C(C[C@@H]2O[C@H](C[C@H](C)CC)[C@H](C)[C@H]2CO)O1.C=C1C[C@H](CCCOC(=O)C(C)(C)C)OC1CC[C@H]1C[C@@H](C)C(=C)C(C[C@@H]2O[C@H](C[C@H](C)CC)[C@H](C)[C@H]2COS(C)(=O)=O)O1.CS(=O)(=O)OS(C)(=O)=O. The molecule has 0 aliphatic carbocycles. The Kier molecular flexibility index (Phi) is 32.9. The lowest BCUT2D eigenvalue weighted by atomic mass is 9.81. The molecule has 1 N–H and O–H groups in total. The van der Waals surface area contributed by atoms with E-state index in [0.29, 0.717) is 61.7 Å². The molecule has 0 bridgehead atoms. The smallest absolute Gasteiger partial charge is 0.311 e. The van der Waals surface area contributed by atoms with E-state index in [1.54, 1.807) is 0 Å². The highest BCUT2D eigenvalue weighted by atomic mass is 32.3. The van der Waals surface area contributed by atoms with Crippen molar-refractivity contribution in [2.75, 3.05) is 45.2 Å². The molecule has 6 rings (SSSR count). The number of aliphatic hydroxyl groups excluding tert-OH is 1. The summed E-state index contributed by atoms with van der Waals surface area (Å²) in [7, 11) is -11.3. The molecule has 6 saturated heterocycles. The van der Waals surface area contributed by atoms with Crippen molar-refractivity contribution in [1.29, 1.82) is 0 Å². The minimum atomic E-state index is -3.87. The molecule has 93 heavy (non-hydrogen) atoms. The van der Waals surface area contributed by atoms with Crippen LogP contribution >= 0.6 is 0 Å². The Morgan fingerprint density at radius 1 is 0.527 bits per heavy atom. The zero-order valence-electron chi connectivity index (χ0n) is 60.0. The lowest BCUT2D eigenvalue weighted by Crippen LogP contribution is -2.38. The van der Waals surface area contributed by atoms with E-state index in [1.165, 1.54) is 0 Å². The summed E-state index contributed by atoms with van der Waals surface area (Å²) < 4.78 is 123. The van der Waals surface area contributed by atoms with Crippen molar-refractivity contribution in [3.63, 3.8) is 0 Å². The van der Waals surface area contributed by atoms with Crippen molar-refractivity contribution < 1.29 is 85.7 Å². The third kappa shape index (κ3) is 28.3. The number of hydrogen-bond acceptors (Lipinski definition) is 19. The number of ether oxygens (including phenoxy) is 8. The Morgan fingerprint density at radius 3 is 1.23 bits per heavy atom. The average Bonchev–Trinajstić information content (AvgIpc) is 1.65. The van der Waals surface area contributed by atoms with Gasteiger partial charge in [0.25, 0.3) is 30.4 Å². The van der Waals surface area contributed by atoms with Gasteiger partial charge in [-0.05, 0) is 189 Å². The molecule has 0 radical (unpaired) electrons. The minimum absolute atomic E-state index is 0.00290. The first-order chi connectivity index (χ1) is 43.0. The second-order valence-corrected chi connectivity index (χ2v) is 35.4. The topological polar surface area (TPSA) is 249 Å². The Morgan fingerprint density at radius 2 is 0.892 bits per heavy atom. The van der Waals surface area contributed by atoms with Crippen LogP contribution in [0.15, 0.2) is 48.6 Å². The Balaban J connectivity index is 0.000000351. The summed E-state index contributed by atoms with van der Waals surface area (Å²) in [6.07, 6.45) is 18.9. The van der Waals surface area contributed by atoms with Gasteiger partial charge in [0.15, 0.2) is 0 Å². The molecule has 0 saturated carbocycles. The molecule has 20 atom stereocenters. The van der Waals surface area contributed by atoms with E-state index in [4.69, 9.17) is 42.1 Å². The van der Waals surface area contributed by atoms with Gasteiger partial charge in [-0.1, -0.05) is 94.5 Å². The van der Waals surface area contributed by atoms with Crippen LogP contribution in [0.3, 0.4) is 0 Å². The Bertz CT molecular complexity index is 2720. The molecule has 0 aromatic heterocycles. The molecule has 22 heteroatoms. The highest BCUT2D eigenvalue weighted by Gasteiger charge is 2.47. The standard InChI is InChI=1S/C35H60O8S.C34H58O6.C2H6O5S2/c1-11-22(2)17-31-26(6)29(21-40-44(10,37)38)33(43-31)20-32-25(5)23(3)18-28(42-32)14-15-30-24(4)19-27(41-30)13-12-16-39-34(36)35(7,8)9;1-10-21(2)16-30-25(6)28(20-35)32(40-30)19-31-24(5)22(3)17-27(39-31)13-14-29-23(4)18-26(38-29)12-11-15-37-33(36)34(7,8)9;1-8(3,4)7-9(2,5)6/h22-23,26-33H,4-5,11-21H2,1-3,6-10H3;21-22,25-32,35H,4-5,10-20H2,1-3,6-9H3;1-2H3/t22-,23-,26-,27+,28+,29-,30?,31-,32?,33+;21-,22-,25-,26+,27+,28-,29?,30-,31?,32+;/m11./s1. The molecule has 0 aromatic carbocycles. The second-order valence-electron chi connectivity index (χ2n) is 30.4. The van der Waals surface area contributed by atoms with Gasteiger partial charge in [0.05, 0.1) is 123 Å². The summed E-state index contributed by atoms with van der Waals surface area (Å²) in [5.74, 6) is 2.17. The van der Waals surface area contributed by atoms with Gasteiger partial charge < -0.3 is 43.0 Å². The van der Waals surface area contributed by atoms with Crippen LogP contribution in [-0.4, -0.2) is 161 Å². The van der Waals surface area contributed by atoms with Gasteiger partial charge >= 0.3 is 11.9 Å². The summed E-state index contributed by atoms with van der Waals surface area (Å²) >= 11 is 0. The van der Waals surface area contributed by atoms with Gasteiger partial charge in [0.2, 0.25) is 0 Å². The lowest BCUT2D eigenvalue weighted by Gasteiger charge is -2.38. The van der Waals surface area contributed by atoms with Gasteiger partial charge in [-0.15, -0.1) is 3.63 Å². The van der Waals surface area contributed by atoms with Crippen LogP contribution in [0.25, 0.3) is 0 Å². The molecule has 0 amide bonds. The molecular weight excluding hydrogens is 1250 g/mol. The van der Waals surface area contributed by atoms with E-state index in [9.17, 15) is 39.9 Å². The van der Waals surface area contributed by atoms with Gasteiger partial charge in [-0.25, -0.2) is 0 Å². The van der Waals surface area contributed by atoms with Crippen LogP contribution in [0.4, 0.5) is 0 Å². The normalized spacial score (nSPS) is 32.8. The molecule has 19 nitrogen and oxygen atoms in total. The van der Waals surface area contributed by atoms with Crippen LogP contribution < -0.4 is 0 Å². The van der Waals surface area contributed by atoms with Crippen molar-refractivity contribution in [3.05, 3.63) is 48.6 Å². The van der Waals surface area contributed by atoms with E-state index < -0.39 is 41.2 Å². The molecule has 6 fully saturated rings. The number of esters is 2. The van der Waals surface area contributed by atoms with Crippen molar-refractivity contribution in [3.8, 4) is 0 Å². The predicted octanol–water partition coefficient (Wildman–Crippen LogP) is 13.0. The molecule has 540 valence electrons. The van der Waals surface area contributed by atoms with Crippen LogP contribution in [0.5, 0.6) is 0 Å². The average molecular weight is 1380 g/mol. The molecule has 0 aromatic rings. The summed E-state index contributed by atoms with van der Waals surface area (Å²) in [4.78, 5) is 24.0. The van der Waals surface area contributed by atoms with Crippen LogP contribution in [0.1, 0.15) is 213 Å². The third-order valence-corrected chi connectivity index (χ3v) is 22.4. The summed E-state index contributed by atoms with van der Waals surface area (Å²) in [6, 6.07) is 0. The molecule has 6 aliphatic rings. The van der Waals surface area contributed by atoms with Crippen molar-refractivity contribution in [2.45, 2.75) is 286 Å². The fourth-order valence-corrected chi connectivity index (χ4v) is 15.7. The Labute approximate surface area is 562 Å². The highest BCUT2D eigenvalue weighted by Crippen LogP contribution is 2.45. The van der Waals surface area contributed by atoms with Crippen molar-refractivity contribution >= 4 is 42.3 Å². The van der Waals surface area contributed by atoms with Gasteiger partial charge in [-0.2, -0.15) is 25.3 Å². The third-order valence-electron chi connectivity index (χ3n) is 19.8. The monoisotopic (exact) mass is 1380 g/mol. The largest absolute Gasteiger partial charge is 0.465 e. The maximum atomic E-state index is 12.0. The maximum Gasteiger partial charge on any atom is 0.311 e. The molecular formula is C71H124O19S3. The predicted molar refractivity (Wildman–Crippen MR) is 364 cm³/mol. The number of carbonyl (C=O) groups is 2. The number of rotatable bonds is 30. The molecule has 0 spiro atoms. The first kappa shape index (κ1) is 82.8. The Hall–Kier alpha value is -2.61. The lowest BCUT2D eigenvalue weighted by molar-refractivity contribution is -0.154. The quantitative estimate of drug-likeness (QED) is 0.0304. The zero-order valence-corrected chi connectivity index (χ0v) is 62.4. The van der Waals surface area contributed by atoms with E-state index in [2.05, 4.69) is 85.3 Å². The van der Waals surface area contributed by atoms with Crippen molar-refractivity contribution in [2.24, 2.45) is 58.2 Å². The zero-order chi connectivity index (χ0) is 70.1. The number of carbonyl (C=O) groups excluding carboxylic acids is 2. The second kappa shape index (κ2) is 37.0. The summed E-state index contributed by atoms with van der Waals surface area (Å²) in [5, 5.41) is 10.2. The first-order valence-corrected chi connectivity index (χ1v) is 40.0. The molecule has 4 unspecified atom stereocenters. The van der Waals surface area contributed by atoms with E-state index in [1.807, 2.05) is 41.5 Å². The summed E-state index contributed by atoms with van der Waals surface area (Å²) in [5.41, 5.74) is 3.57. The number of hydrogen-bond donors (Lipinski definition) is 1.